The summed E-state index contributed by atoms with van der Waals surface area (Å²) in [4.78, 5) is 12.1. The van der Waals surface area contributed by atoms with E-state index >= 15 is 0 Å². The molecule has 120 valence electrons. The van der Waals surface area contributed by atoms with Crippen molar-refractivity contribution in [3.8, 4) is 11.5 Å². The van der Waals surface area contributed by atoms with Crippen molar-refractivity contribution in [2.75, 3.05) is 14.2 Å². The largest absolute Gasteiger partial charge is 0.497 e. The average molecular weight is 376 g/mol. The van der Waals surface area contributed by atoms with Crippen molar-refractivity contribution in [3.63, 3.8) is 0 Å². The van der Waals surface area contributed by atoms with Crippen molar-refractivity contribution in [3.05, 3.63) is 57.6 Å². The molecule has 0 radical (unpaired) electrons. The van der Waals surface area contributed by atoms with E-state index < -0.39 is 0 Å². The predicted octanol–water partition coefficient (Wildman–Crippen LogP) is 3.88. The fraction of sp³-hybridized carbons (Fsp3) is 0.278. The van der Waals surface area contributed by atoms with Crippen LogP contribution < -0.4 is 14.8 Å². The van der Waals surface area contributed by atoms with Crippen molar-refractivity contribution in [1.29, 1.82) is 0 Å². The third-order valence-electron chi connectivity index (χ3n) is 4.11. The molecule has 2 aromatic carbocycles. The lowest BCUT2D eigenvalue weighted by molar-refractivity contribution is 0.0985. The number of halogens is 1. The zero-order valence-electron chi connectivity index (χ0n) is 13.1. The summed E-state index contributed by atoms with van der Waals surface area (Å²) in [6, 6.07) is 11.6. The number of ether oxygens (including phenoxy) is 2. The Kier molecular flexibility index (Phi) is 4.68. The number of methoxy groups -OCH3 is 2. The summed E-state index contributed by atoms with van der Waals surface area (Å²) in [6.45, 7) is 0.622. The molecule has 1 aliphatic carbocycles. The number of benzene rings is 2. The lowest BCUT2D eigenvalue weighted by Crippen LogP contribution is -2.19. The average Bonchev–Trinajstić information content (AvgIpc) is 2.88. The minimum absolute atomic E-state index is 0.0295. The third-order valence-corrected chi connectivity index (χ3v) is 4.61. The Hall–Kier alpha value is -1.85. The van der Waals surface area contributed by atoms with E-state index in [0.29, 0.717) is 13.0 Å². The lowest BCUT2D eigenvalue weighted by atomic mass is 10.1. The molecule has 1 N–H and O–H groups in total. The highest BCUT2D eigenvalue weighted by atomic mass is 79.9. The highest BCUT2D eigenvalue weighted by molar-refractivity contribution is 9.10. The lowest BCUT2D eigenvalue weighted by Gasteiger charge is -2.16. The van der Waals surface area contributed by atoms with Crippen LogP contribution in [0.3, 0.4) is 0 Å². The van der Waals surface area contributed by atoms with Gasteiger partial charge in [-0.1, -0.05) is 22.0 Å². The standard InChI is InChI=1S/C18H18BrNO3/c1-22-13-5-3-11(18(8-13)23-2)10-20-16-9-17(21)14-6-4-12(19)7-15(14)16/h3-8,16,20H,9-10H2,1-2H3. The van der Waals surface area contributed by atoms with Gasteiger partial charge in [0.1, 0.15) is 11.5 Å². The van der Waals surface area contributed by atoms with Gasteiger partial charge in [-0.2, -0.15) is 0 Å². The van der Waals surface area contributed by atoms with Gasteiger partial charge in [-0.3, -0.25) is 4.79 Å². The van der Waals surface area contributed by atoms with E-state index in [1.54, 1.807) is 14.2 Å². The minimum atomic E-state index is 0.0295. The number of carbonyl (C=O) groups excluding carboxylic acids is 1. The van der Waals surface area contributed by atoms with Gasteiger partial charge in [0.2, 0.25) is 0 Å². The van der Waals surface area contributed by atoms with Crippen LogP contribution in [0, 0.1) is 0 Å². The first-order valence-electron chi connectivity index (χ1n) is 7.39. The number of nitrogens with one attached hydrogen (secondary N) is 1. The number of ketones is 1. The molecule has 0 heterocycles. The minimum Gasteiger partial charge on any atom is -0.497 e. The smallest absolute Gasteiger partial charge is 0.165 e. The topological polar surface area (TPSA) is 47.6 Å². The van der Waals surface area contributed by atoms with Gasteiger partial charge in [-0.05, 0) is 29.8 Å². The normalized spacial score (nSPS) is 16.3. The van der Waals surface area contributed by atoms with Gasteiger partial charge in [0.15, 0.2) is 5.78 Å². The molecule has 0 bridgehead atoms. The van der Waals surface area contributed by atoms with Gasteiger partial charge < -0.3 is 14.8 Å². The molecule has 2 aromatic rings. The fourth-order valence-electron chi connectivity index (χ4n) is 2.89. The molecule has 0 spiro atoms. The van der Waals surface area contributed by atoms with Gasteiger partial charge in [0.05, 0.1) is 14.2 Å². The van der Waals surface area contributed by atoms with Gasteiger partial charge in [-0.15, -0.1) is 0 Å². The number of hydrogen-bond donors (Lipinski definition) is 1. The Morgan fingerprint density at radius 3 is 2.74 bits per heavy atom. The maximum Gasteiger partial charge on any atom is 0.165 e. The maximum absolute atomic E-state index is 12.1. The summed E-state index contributed by atoms with van der Waals surface area (Å²) in [5, 5.41) is 3.46. The van der Waals surface area contributed by atoms with Gasteiger partial charge in [0, 0.05) is 40.7 Å². The SMILES string of the molecule is COc1ccc(CNC2CC(=O)c3ccc(Br)cc32)c(OC)c1. The van der Waals surface area contributed by atoms with Crippen LogP contribution in [0.2, 0.25) is 0 Å². The van der Waals surface area contributed by atoms with E-state index in [4.69, 9.17) is 9.47 Å². The summed E-state index contributed by atoms with van der Waals surface area (Å²) < 4.78 is 11.6. The predicted molar refractivity (Wildman–Crippen MR) is 92.2 cm³/mol. The molecule has 5 heteroatoms. The van der Waals surface area contributed by atoms with E-state index in [0.717, 1.165) is 32.7 Å². The van der Waals surface area contributed by atoms with Gasteiger partial charge >= 0.3 is 0 Å². The first-order chi connectivity index (χ1) is 11.1. The Bertz CT molecular complexity index is 745. The van der Waals surface area contributed by atoms with Crippen LogP contribution in [0.25, 0.3) is 0 Å². The number of Topliss-reactive ketones (excluding diaryl/α,β-unsaturated/α-hetero) is 1. The molecule has 0 saturated carbocycles. The fourth-order valence-corrected chi connectivity index (χ4v) is 3.27. The van der Waals surface area contributed by atoms with E-state index in [9.17, 15) is 4.79 Å². The van der Waals surface area contributed by atoms with Crippen molar-refractivity contribution in [1.82, 2.24) is 5.32 Å². The monoisotopic (exact) mass is 375 g/mol. The molecule has 1 atom stereocenters. The Morgan fingerprint density at radius 2 is 2.00 bits per heavy atom. The summed E-state index contributed by atoms with van der Waals surface area (Å²) >= 11 is 3.47. The van der Waals surface area contributed by atoms with Crippen molar-refractivity contribution in [2.24, 2.45) is 0 Å². The van der Waals surface area contributed by atoms with Crippen LogP contribution in [-0.4, -0.2) is 20.0 Å². The first-order valence-corrected chi connectivity index (χ1v) is 8.18. The molecule has 0 fully saturated rings. The van der Waals surface area contributed by atoms with Crippen LogP contribution in [0.15, 0.2) is 40.9 Å². The zero-order chi connectivity index (χ0) is 16.4. The van der Waals surface area contributed by atoms with Crippen LogP contribution in [0.1, 0.15) is 33.9 Å². The molecule has 0 aliphatic heterocycles. The molecule has 0 saturated heterocycles. The quantitative estimate of drug-likeness (QED) is 0.861. The number of carbonyl (C=O) groups is 1. The van der Waals surface area contributed by atoms with E-state index in [1.165, 1.54) is 0 Å². The molecular weight excluding hydrogens is 358 g/mol. The van der Waals surface area contributed by atoms with Crippen LogP contribution in [-0.2, 0) is 6.54 Å². The molecular formula is C18H18BrNO3. The third kappa shape index (κ3) is 3.26. The molecule has 0 aromatic heterocycles. The van der Waals surface area contributed by atoms with Crippen molar-refractivity contribution in [2.45, 2.75) is 19.0 Å². The molecule has 0 amide bonds. The summed E-state index contributed by atoms with van der Waals surface area (Å²) in [7, 11) is 3.27. The molecule has 1 unspecified atom stereocenters. The van der Waals surface area contributed by atoms with Gasteiger partial charge in [0.25, 0.3) is 0 Å². The first kappa shape index (κ1) is 16.0. The van der Waals surface area contributed by atoms with Crippen molar-refractivity contribution >= 4 is 21.7 Å². The molecule has 3 rings (SSSR count). The number of fused-ring (bicyclic) bond motifs is 1. The van der Waals surface area contributed by atoms with Gasteiger partial charge in [-0.25, -0.2) is 0 Å². The Morgan fingerprint density at radius 1 is 1.17 bits per heavy atom. The Labute approximate surface area is 143 Å². The molecule has 23 heavy (non-hydrogen) atoms. The van der Waals surface area contributed by atoms with E-state index in [-0.39, 0.29) is 11.8 Å². The number of rotatable bonds is 5. The summed E-state index contributed by atoms with van der Waals surface area (Å²) in [5.74, 6) is 1.72. The van der Waals surface area contributed by atoms with Crippen molar-refractivity contribution < 1.29 is 14.3 Å². The number of hydrogen-bond acceptors (Lipinski definition) is 4. The summed E-state index contributed by atoms with van der Waals surface area (Å²) in [6.07, 6.45) is 0.490. The summed E-state index contributed by atoms with van der Waals surface area (Å²) in [5.41, 5.74) is 2.90. The van der Waals surface area contributed by atoms with Crippen LogP contribution in [0.4, 0.5) is 0 Å². The molecule has 4 nitrogen and oxygen atoms in total. The second kappa shape index (κ2) is 6.72. The Balaban J connectivity index is 1.78. The van der Waals surface area contributed by atoms with E-state index in [1.807, 2.05) is 36.4 Å². The van der Waals surface area contributed by atoms with E-state index in [2.05, 4.69) is 21.2 Å². The highest BCUT2D eigenvalue weighted by Gasteiger charge is 2.29. The second-order valence-corrected chi connectivity index (χ2v) is 6.39. The zero-order valence-corrected chi connectivity index (χ0v) is 14.6. The van der Waals surface area contributed by atoms with Crippen LogP contribution >= 0.6 is 15.9 Å². The van der Waals surface area contributed by atoms with Crippen LogP contribution in [0.5, 0.6) is 11.5 Å². The second-order valence-electron chi connectivity index (χ2n) is 5.47. The molecule has 1 aliphatic rings. The maximum atomic E-state index is 12.1. The highest BCUT2D eigenvalue weighted by Crippen LogP contribution is 2.34.